The van der Waals surface area contributed by atoms with Gasteiger partial charge < -0.3 is 9.67 Å². The van der Waals surface area contributed by atoms with Crippen LogP contribution in [0.3, 0.4) is 0 Å². The molecule has 0 saturated heterocycles. The Kier molecular flexibility index (Phi) is 2.58. The number of carbonyl (C=O) groups is 2. The highest BCUT2D eigenvalue weighted by molar-refractivity contribution is 6.28. The highest BCUT2D eigenvalue weighted by Crippen LogP contribution is 2.40. The summed E-state index contributed by atoms with van der Waals surface area (Å²) >= 11 is 0. The van der Waals surface area contributed by atoms with Crippen LogP contribution < -0.4 is 10.6 Å². The molecular formula is C22H14N4O3. The lowest BCUT2D eigenvalue weighted by molar-refractivity contribution is -0.112. The summed E-state index contributed by atoms with van der Waals surface area (Å²) in [4.78, 5) is 34.1. The zero-order valence-corrected chi connectivity index (χ0v) is 15.2. The van der Waals surface area contributed by atoms with E-state index in [9.17, 15) is 14.7 Å². The number of Topliss-reactive ketones (excluding diaryl/α,β-unsaturated/α-hetero) is 2. The topological polar surface area (TPSA) is 88.9 Å². The average Bonchev–Trinajstić information content (AvgIpc) is 3.32. The second-order valence-corrected chi connectivity index (χ2v) is 7.84. The van der Waals surface area contributed by atoms with Gasteiger partial charge in [0.25, 0.3) is 0 Å². The molecule has 1 N–H and O–H groups in total. The molecule has 1 atom stereocenters. The van der Waals surface area contributed by atoms with Gasteiger partial charge in [-0.15, -0.1) is 0 Å². The Morgan fingerprint density at radius 2 is 2.03 bits per heavy atom. The van der Waals surface area contributed by atoms with Gasteiger partial charge in [-0.05, 0) is 6.42 Å². The SMILES string of the molecule is O=C1C=c2c(c3c4c(c5c6c(n7c5c3n2CN=C7)C(O)CC=C6)C=NC=4)C(=O)C1. The van der Waals surface area contributed by atoms with Crippen LogP contribution in [0.25, 0.3) is 40.2 Å². The monoisotopic (exact) mass is 382 g/mol. The lowest BCUT2D eigenvalue weighted by atomic mass is 9.93. The Bertz CT molecular complexity index is 1580. The van der Waals surface area contributed by atoms with E-state index in [0.717, 1.165) is 43.8 Å². The predicted octanol–water partition coefficient (Wildman–Crippen LogP) is 1.00. The van der Waals surface area contributed by atoms with Gasteiger partial charge in [0.1, 0.15) is 6.67 Å². The van der Waals surface area contributed by atoms with Crippen LogP contribution in [-0.4, -0.2) is 38.4 Å². The number of hydrogen-bond donors (Lipinski definition) is 1. The smallest absolute Gasteiger partial charge is 0.173 e. The molecule has 7 nitrogen and oxygen atoms in total. The van der Waals surface area contributed by atoms with Crippen molar-refractivity contribution in [2.24, 2.45) is 9.98 Å². The van der Waals surface area contributed by atoms with Gasteiger partial charge in [0.15, 0.2) is 11.6 Å². The van der Waals surface area contributed by atoms with Crippen LogP contribution in [0.1, 0.15) is 46.1 Å². The highest BCUT2D eigenvalue weighted by atomic mass is 16.3. The molecule has 0 radical (unpaired) electrons. The number of hydrogen-bond acceptors (Lipinski definition) is 5. The molecule has 0 fully saturated rings. The van der Waals surface area contributed by atoms with E-state index in [2.05, 4.69) is 9.98 Å². The molecule has 0 saturated carbocycles. The Hall–Kier alpha value is -3.58. The number of aliphatic imine (C=N–C) groups is 2. The van der Waals surface area contributed by atoms with Gasteiger partial charge in [-0.25, -0.2) is 0 Å². The van der Waals surface area contributed by atoms with Crippen molar-refractivity contribution in [2.45, 2.75) is 25.6 Å². The number of nitrogens with zero attached hydrogens (tertiary/aromatic N) is 4. The van der Waals surface area contributed by atoms with Gasteiger partial charge in [0.2, 0.25) is 0 Å². The standard InChI is InChI=1S/C22H14N4O3/c27-10-4-14-19(16(29)5-10)18-13-7-23-6-12(13)17-11-2-1-3-15(28)20(11)26-9-24-8-25(14)22(18)21(17)26/h1-2,4,6-7,9,15,28H,3,5,8H2. The summed E-state index contributed by atoms with van der Waals surface area (Å²) in [5, 5.41) is 14.1. The number of aliphatic hydroxyl groups is 1. The Balaban J connectivity index is 1.87. The fraction of sp³-hybridized carbons (Fsp3) is 0.182. The van der Waals surface area contributed by atoms with Crippen molar-refractivity contribution in [2.75, 3.05) is 0 Å². The predicted molar refractivity (Wildman–Crippen MR) is 110 cm³/mol. The molecule has 3 aromatic rings. The summed E-state index contributed by atoms with van der Waals surface area (Å²) in [7, 11) is 0. The highest BCUT2D eigenvalue weighted by Gasteiger charge is 2.33. The van der Waals surface area contributed by atoms with Gasteiger partial charge >= 0.3 is 0 Å². The van der Waals surface area contributed by atoms with Crippen LogP contribution in [0.4, 0.5) is 0 Å². The second-order valence-electron chi connectivity index (χ2n) is 7.84. The van der Waals surface area contributed by atoms with Crippen LogP contribution in [0, 0.1) is 0 Å². The summed E-state index contributed by atoms with van der Waals surface area (Å²) in [6.45, 7) is 0.306. The van der Waals surface area contributed by atoms with Crippen molar-refractivity contribution in [1.29, 1.82) is 0 Å². The van der Waals surface area contributed by atoms with Crippen molar-refractivity contribution in [3.05, 3.63) is 39.0 Å². The maximum atomic E-state index is 12.9. The van der Waals surface area contributed by atoms with Gasteiger partial charge in [-0.1, -0.05) is 12.2 Å². The third-order valence-corrected chi connectivity index (χ3v) is 6.34. The summed E-state index contributed by atoms with van der Waals surface area (Å²) in [5.41, 5.74) is 5.07. The average molecular weight is 382 g/mol. The van der Waals surface area contributed by atoms with E-state index in [-0.39, 0.29) is 18.0 Å². The van der Waals surface area contributed by atoms with E-state index < -0.39 is 6.10 Å². The van der Waals surface area contributed by atoms with Gasteiger partial charge in [0.05, 0.1) is 46.5 Å². The molecule has 7 heteroatoms. The number of benzene rings is 1. The van der Waals surface area contributed by atoms with E-state index in [0.29, 0.717) is 24.0 Å². The third kappa shape index (κ3) is 1.64. The van der Waals surface area contributed by atoms with Gasteiger partial charge in [-0.2, -0.15) is 0 Å². The molecule has 2 aliphatic carbocycles. The minimum absolute atomic E-state index is 0.109. The quantitative estimate of drug-likeness (QED) is 0.589. The summed E-state index contributed by atoms with van der Waals surface area (Å²) in [6, 6.07) is 0. The first-order valence-electron chi connectivity index (χ1n) is 9.57. The molecule has 0 amide bonds. The normalized spacial score (nSPS) is 20.8. The maximum absolute atomic E-state index is 12.9. The molecule has 29 heavy (non-hydrogen) atoms. The van der Waals surface area contributed by atoms with E-state index in [1.807, 2.05) is 27.5 Å². The van der Waals surface area contributed by atoms with Crippen molar-refractivity contribution < 1.29 is 14.7 Å². The first-order chi connectivity index (χ1) is 14.1. The van der Waals surface area contributed by atoms with Crippen LogP contribution in [0.15, 0.2) is 16.1 Å². The molecule has 0 bridgehead atoms. The molecule has 1 aromatic carbocycles. The third-order valence-electron chi connectivity index (χ3n) is 6.34. The summed E-state index contributed by atoms with van der Waals surface area (Å²) < 4.78 is 3.91. The number of fused-ring (bicyclic) bond motifs is 9. The first kappa shape index (κ1) is 15.4. The Morgan fingerprint density at radius 1 is 1.14 bits per heavy atom. The number of aromatic nitrogens is 2. The van der Waals surface area contributed by atoms with Crippen LogP contribution in [0.5, 0.6) is 0 Å². The fourth-order valence-corrected chi connectivity index (χ4v) is 5.28. The number of carbonyl (C=O) groups excluding carboxylic acids is 2. The van der Waals surface area contributed by atoms with Crippen molar-refractivity contribution >= 4 is 64.3 Å². The van der Waals surface area contributed by atoms with E-state index >= 15 is 0 Å². The van der Waals surface area contributed by atoms with Crippen molar-refractivity contribution in [3.63, 3.8) is 0 Å². The Morgan fingerprint density at radius 3 is 2.93 bits per heavy atom. The largest absolute Gasteiger partial charge is 0.387 e. The molecule has 140 valence electrons. The lowest BCUT2D eigenvalue weighted by Crippen LogP contribution is -2.29. The molecule has 7 rings (SSSR count). The number of ketones is 2. The van der Waals surface area contributed by atoms with Crippen LogP contribution in [0.2, 0.25) is 0 Å². The second kappa shape index (κ2) is 4.87. The van der Waals surface area contributed by atoms with E-state index in [4.69, 9.17) is 0 Å². The fourth-order valence-electron chi connectivity index (χ4n) is 5.28. The summed E-state index contributed by atoms with van der Waals surface area (Å²) in [5.74, 6) is -0.346. The minimum Gasteiger partial charge on any atom is -0.387 e. The zero-order valence-electron chi connectivity index (χ0n) is 15.2. The lowest BCUT2D eigenvalue weighted by Gasteiger charge is -2.15. The van der Waals surface area contributed by atoms with Crippen molar-refractivity contribution in [1.82, 2.24) is 9.13 Å². The van der Waals surface area contributed by atoms with Crippen LogP contribution >= 0.6 is 0 Å². The van der Waals surface area contributed by atoms with Crippen LogP contribution in [-0.2, 0) is 11.5 Å². The molecule has 2 aliphatic heterocycles. The zero-order chi connectivity index (χ0) is 19.4. The summed E-state index contributed by atoms with van der Waals surface area (Å²) in [6.07, 6.45) is 10.7. The molecular weight excluding hydrogens is 368 g/mol. The van der Waals surface area contributed by atoms with E-state index in [1.54, 1.807) is 18.6 Å². The number of aliphatic hydroxyl groups excluding tert-OH is 1. The van der Waals surface area contributed by atoms with E-state index in [1.165, 1.54) is 0 Å². The van der Waals surface area contributed by atoms with Crippen molar-refractivity contribution in [3.8, 4) is 0 Å². The number of rotatable bonds is 0. The molecule has 2 aromatic heterocycles. The van der Waals surface area contributed by atoms with Gasteiger partial charge in [-0.3, -0.25) is 24.1 Å². The maximum Gasteiger partial charge on any atom is 0.173 e. The first-order valence-corrected chi connectivity index (χ1v) is 9.57. The molecule has 4 aliphatic rings. The van der Waals surface area contributed by atoms with Gasteiger partial charge in [0, 0.05) is 45.6 Å². The molecule has 1 unspecified atom stereocenters. The molecule has 0 spiro atoms. The Labute approximate surface area is 163 Å². The minimum atomic E-state index is -0.632. The molecule has 4 heterocycles.